The molecule has 120 valence electrons. The first-order valence-electron chi connectivity index (χ1n) is 8.19. The second-order valence-electron chi connectivity index (χ2n) is 6.61. The summed E-state index contributed by atoms with van der Waals surface area (Å²) in [7, 11) is 1.84. The van der Waals surface area contributed by atoms with Gasteiger partial charge in [-0.15, -0.1) is 0 Å². The SMILES string of the molecule is CN(CCOCC1CC1)C(=O)C1(C(N)=S)CCCCCC1. The summed E-state index contributed by atoms with van der Waals surface area (Å²) in [6.07, 6.45) is 8.60. The lowest BCUT2D eigenvalue weighted by atomic mass is 9.79. The molecule has 0 radical (unpaired) electrons. The van der Waals surface area contributed by atoms with Crippen molar-refractivity contribution in [3.8, 4) is 0 Å². The molecule has 0 unspecified atom stereocenters. The van der Waals surface area contributed by atoms with Crippen molar-refractivity contribution in [2.45, 2.75) is 51.4 Å². The van der Waals surface area contributed by atoms with Crippen molar-refractivity contribution in [1.82, 2.24) is 4.90 Å². The number of carbonyl (C=O) groups excluding carboxylic acids is 1. The minimum Gasteiger partial charge on any atom is -0.392 e. The molecule has 0 aromatic heterocycles. The predicted octanol–water partition coefficient (Wildman–Crippen LogP) is 2.50. The summed E-state index contributed by atoms with van der Waals surface area (Å²) in [5.74, 6) is 0.850. The van der Waals surface area contributed by atoms with Crippen LogP contribution in [0.3, 0.4) is 0 Å². The minimum absolute atomic E-state index is 0.0897. The van der Waals surface area contributed by atoms with Gasteiger partial charge in [-0.2, -0.15) is 0 Å². The van der Waals surface area contributed by atoms with Crippen LogP contribution in [0.25, 0.3) is 0 Å². The zero-order valence-corrected chi connectivity index (χ0v) is 13.9. The van der Waals surface area contributed by atoms with E-state index in [1.54, 1.807) is 4.90 Å². The lowest BCUT2D eigenvalue weighted by Crippen LogP contribution is -2.50. The molecule has 2 N–H and O–H groups in total. The highest BCUT2D eigenvalue weighted by molar-refractivity contribution is 7.80. The fraction of sp³-hybridized carbons (Fsp3) is 0.875. The average Bonchev–Trinajstić information content (AvgIpc) is 3.28. The molecule has 0 aromatic carbocycles. The number of rotatable bonds is 7. The summed E-state index contributed by atoms with van der Waals surface area (Å²) < 4.78 is 5.63. The number of hydrogen-bond donors (Lipinski definition) is 1. The summed E-state index contributed by atoms with van der Waals surface area (Å²) in [5.41, 5.74) is 5.35. The number of amides is 1. The Morgan fingerprint density at radius 1 is 1.29 bits per heavy atom. The third kappa shape index (κ3) is 4.39. The van der Waals surface area contributed by atoms with E-state index < -0.39 is 5.41 Å². The van der Waals surface area contributed by atoms with Gasteiger partial charge in [0, 0.05) is 20.2 Å². The Morgan fingerprint density at radius 2 is 1.90 bits per heavy atom. The number of ether oxygens (including phenoxy) is 1. The third-order valence-electron chi connectivity index (χ3n) is 4.81. The largest absolute Gasteiger partial charge is 0.392 e. The number of carbonyl (C=O) groups is 1. The smallest absolute Gasteiger partial charge is 0.235 e. The number of likely N-dealkylation sites (N-methyl/N-ethyl adjacent to an activating group) is 1. The molecule has 21 heavy (non-hydrogen) atoms. The molecule has 5 heteroatoms. The molecule has 0 aromatic rings. The Bertz CT molecular complexity index is 374. The molecular formula is C16H28N2O2S. The van der Waals surface area contributed by atoms with Gasteiger partial charge in [0.15, 0.2) is 0 Å². The highest BCUT2D eigenvalue weighted by atomic mass is 32.1. The molecule has 2 saturated carbocycles. The molecule has 2 aliphatic carbocycles. The Labute approximate surface area is 133 Å². The van der Waals surface area contributed by atoms with Gasteiger partial charge in [-0.25, -0.2) is 0 Å². The number of nitrogens with zero attached hydrogens (tertiary/aromatic N) is 1. The molecular weight excluding hydrogens is 284 g/mol. The van der Waals surface area contributed by atoms with Gasteiger partial charge in [-0.3, -0.25) is 4.79 Å². The second-order valence-corrected chi connectivity index (χ2v) is 7.05. The van der Waals surface area contributed by atoms with Gasteiger partial charge in [0.05, 0.1) is 17.0 Å². The molecule has 2 rings (SSSR count). The van der Waals surface area contributed by atoms with Gasteiger partial charge in [0.2, 0.25) is 5.91 Å². The average molecular weight is 312 g/mol. The van der Waals surface area contributed by atoms with Crippen LogP contribution in [-0.4, -0.2) is 42.6 Å². The van der Waals surface area contributed by atoms with Crippen molar-refractivity contribution >= 4 is 23.1 Å². The van der Waals surface area contributed by atoms with Crippen LogP contribution in [0.1, 0.15) is 51.4 Å². The van der Waals surface area contributed by atoms with Crippen molar-refractivity contribution in [3.05, 3.63) is 0 Å². The van der Waals surface area contributed by atoms with E-state index in [1.165, 1.54) is 25.7 Å². The van der Waals surface area contributed by atoms with Crippen LogP contribution in [0.4, 0.5) is 0 Å². The molecule has 1 amide bonds. The molecule has 0 bridgehead atoms. The van der Waals surface area contributed by atoms with Crippen LogP contribution < -0.4 is 5.73 Å². The van der Waals surface area contributed by atoms with Crippen LogP contribution in [0.5, 0.6) is 0 Å². The molecule has 0 aliphatic heterocycles. The van der Waals surface area contributed by atoms with Crippen molar-refractivity contribution in [1.29, 1.82) is 0 Å². The van der Waals surface area contributed by atoms with E-state index >= 15 is 0 Å². The Hall–Kier alpha value is -0.680. The van der Waals surface area contributed by atoms with Crippen molar-refractivity contribution < 1.29 is 9.53 Å². The predicted molar refractivity (Wildman–Crippen MR) is 88.1 cm³/mol. The lowest BCUT2D eigenvalue weighted by molar-refractivity contribution is -0.138. The number of hydrogen-bond acceptors (Lipinski definition) is 3. The number of thiocarbonyl (C=S) groups is 1. The van der Waals surface area contributed by atoms with Crippen molar-refractivity contribution in [3.63, 3.8) is 0 Å². The molecule has 4 nitrogen and oxygen atoms in total. The maximum atomic E-state index is 12.9. The summed E-state index contributed by atoms with van der Waals surface area (Å²) in [6.45, 7) is 2.06. The maximum absolute atomic E-state index is 12.9. The van der Waals surface area contributed by atoms with Crippen LogP contribution in [0.15, 0.2) is 0 Å². The Morgan fingerprint density at radius 3 is 2.43 bits per heavy atom. The molecule has 2 fully saturated rings. The normalized spacial score (nSPS) is 21.6. The lowest BCUT2D eigenvalue weighted by Gasteiger charge is -2.34. The molecule has 0 atom stereocenters. The highest BCUT2D eigenvalue weighted by Crippen LogP contribution is 2.37. The topological polar surface area (TPSA) is 55.6 Å². The summed E-state index contributed by atoms with van der Waals surface area (Å²) in [4.78, 5) is 15.0. The third-order valence-corrected chi connectivity index (χ3v) is 5.20. The summed E-state index contributed by atoms with van der Waals surface area (Å²) >= 11 is 5.26. The molecule has 2 aliphatic rings. The molecule has 0 spiro atoms. The first-order valence-corrected chi connectivity index (χ1v) is 8.60. The van der Waals surface area contributed by atoms with E-state index in [1.807, 2.05) is 7.05 Å². The van der Waals surface area contributed by atoms with Crippen LogP contribution in [0.2, 0.25) is 0 Å². The minimum atomic E-state index is -0.614. The Balaban J connectivity index is 1.87. The highest BCUT2D eigenvalue weighted by Gasteiger charge is 2.43. The first-order chi connectivity index (χ1) is 10.1. The maximum Gasteiger partial charge on any atom is 0.235 e. The van der Waals surface area contributed by atoms with E-state index in [0.717, 1.165) is 38.2 Å². The van der Waals surface area contributed by atoms with Gasteiger partial charge in [0.25, 0.3) is 0 Å². The number of nitrogens with two attached hydrogens (primary N) is 1. The standard InChI is InChI=1S/C16H28N2O2S/c1-18(10-11-20-12-13-6-7-13)15(19)16(14(17)21)8-4-2-3-5-9-16/h13H,2-12H2,1H3,(H2,17,21). The Kier molecular flexibility index (Phi) is 5.99. The zero-order valence-electron chi connectivity index (χ0n) is 13.1. The van der Waals surface area contributed by atoms with Gasteiger partial charge in [0.1, 0.15) is 0 Å². The fourth-order valence-corrected chi connectivity index (χ4v) is 3.39. The van der Waals surface area contributed by atoms with Crippen molar-refractivity contribution in [2.75, 3.05) is 26.8 Å². The van der Waals surface area contributed by atoms with Gasteiger partial charge >= 0.3 is 0 Å². The van der Waals surface area contributed by atoms with E-state index in [4.69, 9.17) is 22.7 Å². The fourth-order valence-electron chi connectivity index (χ4n) is 3.10. The van der Waals surface area contributed by atoms with Crippen molar-refractivity contribution in [2.24, 2.45) is 17.1 Å². The summed E-state index contributed by atoms with van der Waals surface area (Å²) in [5, 5.41) is 0. The van der Waals surface area contributed by atoms with Gasteiger partial charge in [-0.1, -0.05) is 37.9 Å². The van der Waals surface area contributed by atoms with E-state index in [-0.39, 0.29) is 5.91 Å². The molecule has 0 heterocycles. The van der Waals surface area contributed by atoms with E-state index in [9.17, 15) is 4.79 Å². The zero-order chi connectivity index (χ0) is 15.3. The first kappa shape index (κ1) is 16.7. The van der Waals surface area contributed by atoms with E-state index in [2.05, 4.69) is 0 Å². The van der Waals surface area contributed by atoms with Crippen LogP contribution >= 0.6 is 12.2 Å². The monoisotopic (exact) mass is 312 g/mol. The molecule has 0 saturated heterocycles. The van der Waals surface area contributed by atoms with Crippen LogP contribution in [0, 0.1) is 11.3 Å². The second kappa shape index (κ2) is 7.54. The van der Waals surface area contributed by atoms with Gasteiger partial charge in [-0.05, 0) is 31.6 Å². The van der Waals surface area contributed by atoms with E-state index in [0.29, 0.717) is 18.1 Å². The quantitative estimate of drug-likeness (QED) is 0.446. The van der Waals surface area contributed by atoms with Crippen LogP contribution in [-0.2, 0) is 9.53 Å². The van der Waals surface area contributed by atoms with Gasteiger partial charge < -0.3 is 15.4 Å². The summed E-state index contributed by atoms with van der Waals surface area (Å²) in [6, 6.07) is 0.